The summed E-state index contributed by atoms with van der Waals surface area (Å²) < 4.78 is 0. The first kappa shape index (κ1) is 22.4. The van der Waals surface area contributed by atoms with Crippen LogP contribution >= 0.6 is 24.0 Å². The molecule has 2 fully saturated rings. The van der Waals surface area contributed by atoms with Gasteiger partial charge in [0.1, 0.15) is 5.54 Å². The molecule has 0 bridgehead atoms. The van der Waals surface area contributed by atoms with E-state index < -0.39 is 11.6 Å². The summed E-state index contributed by atoms with van der Waals surface area (Å²) in [6.07, 6.45) is 6.15. The number of guanidine groups is 1. The molecule has 2 aliphatic heterocycles. The summed E-state index contributed by atoms with van der Waals surface area (Å²) in [6.45, 7) is 7.00. The summed E-state index contributed by atoms with van der Waals surface area (Å²) in [4.78, 5) is 34.8. The molecule has 0 spiro atoms. The predicted octanol–water partition coefficient (Wildman–Crippen LogP) is 1.52. The molecule has 2 saturated heterocycles. The van der Waals surface area contributed by atoms with Gasteiger partial charge in [0.15, 0.2) is 5.96 Å². The second kappa shape index (κ2) is 10.0. The van der Waals surface area contributed by atoms with Gasteiger partial charge in [0, 0.05) is 38.6 Å². The van der Waals surface area contributed by atoms with Gasteiger partial charge in [-0.25, -0.2) is 4.79 Å². The smallest absolute Gasteiger partial charge is 0.322 e. The number of nitrogens with zero attached hydrogens (tertiary/aromatic N) is 3. The Bertz CT molecular complexity index is 706. The van der Waals surface area contributed by atoms with Gasteiger partial charge >= 0.3 is 6.03 Å². The molecule has 0 aromatic carbocycles. The van der Waals surface area contributed by atoms with Crippen LogP contribution < -0.4 is 16.0 Å². The normalized spacial score (nSPS) is 23.1. The Labute approximate surface area is 183 Å². The fraction of sp³-hybridized carbons (Fsp3) is 0.579. The average Bonchev–Trinajstić information content (AvgIpc) is 2.95. The molecule has 3 N–H and O–H groups in total. The fourth-order valence-electron chi connectivity index (χ4n) is 3.78. The lowest BCUT2D eigenvalue weighted by molar-refractivity contribution is -0.125. The third kappa shape index (κ3) is 5.12. The van der Waals surface area contributed by atoms with Gasteiger partial charge in [-0.1, -0.05) is 6.07 Å². The van der Waals surface area contributed by atoms with Crippen molar-refractivity contribution < 1.29 is 9.59 Å². The number of hydrogen-bond donors (Lipinski definition) is 3. The molecular formula is C19H29IN6O2. The van der Waals surface area contributed by atoms with E-state index in [1.54, 1.807) is 6.20 Å². The Morgan fingerprint density at radius 1 is 1.39 bits per heavy atom. The summed E-state index contributed by atoms with van der Waals surface area (Å²) in [5, 5.41) is 8.52. The molecule has 1 atom stereocenters. The summed E-state index contributed by atoms with van der Waals surface area (Å²) in [5.74, 6) is 0.811. The lowest BCUT2D eigenvalue weighted by Crippen LogP contribution is -2.55. The van der Waals surface area contributed by atoms with Crippen molar-refractivity contribution >= 4 is 41.9 Å². The first-order valence-electron chi connectivity index (χ1n) is 9.58. The summed E-state index contributed by atoms with van der Waals surface area (Å²) in [7, 11) is 0. The van der Waals surface area contributed by atoms with Crippen LogP contribution in [-0.4, -0.2) is 59.5 Å². The molecule has 3 heterocycles. The van der Waals surface area contributed by atoms with Gasteiger partial charge < -0.3 is 15.5 Å². The summed E-state index contributed by atoms with van der Waals surface area (Å²) in [6, 6.07) is 3.60. The molecule has 0 aliphatic carbocycles. The van der Waals surface area contributed by atoms with Crippen molar-refractivity contribution in [3.8, 4) is 0 Å². The van der Waals surface area contributed by atoms with E-state index in [-0.39, 0.29) is 35.8 Å². The standard InChI is InChI=1S/C19H28N6O2.HI/c1-3-21-17(22-10-6-14-5-4-9-20-13-14)25-11-7-15(8-12-25)19(2)16(26)23-18(27)24-19;/h4-5,9,13,15H,3,6-8,10-12H2,1-2H3,(H,21,22)(H2,23,24,26,27);1H. The van der Waals surface area contributed by atoms with Crippen LogP contribution in [0.25, 0.3) is 0 Å². The van der Waals surface area contributed by atoms with Crippen molar-refractivity contribution in [2.24, 2.45) is 10.9 Å². The maximum absolute atomic E-state index is 12.2. The first-order valence-corrected chi connectivity index (χ1v) is 9.58. The quantitative estimate of drug-likeness (QED) is 0.247. The van der Waals surface area contributed by atoms with E-state index in [0.29, 0.717) is 6.54 Å². The molecule has 1 aromatic heterocycles. The summed E-state index contributed by atoms with van der Waals surface area (Å²) in [5.41, 5.74) is 0.366. The van der Waals surface area contributed by atoms with Crippen LogP contribution in [0.1, 0.15) is 32.3 Å². The number of amides is 3. The van der Waals surface area contributed by atoms with Crippen molar-refractivity contribution in [2.45, 2.75) is 38.6 Å². The molecule has 3 rings (SSSR count). The number of piperidine rings is 1. The molecule has 1 aromatic rings. The van der Waals surface area contributed by atoms with E-state index in [4.69, 9.17) is 4.99 Å². The Morgan fingerprint density at radius 2 is 2.14 bits per heavy atom. The van der Waals surface area contributed by atoms with Crippen molar-refractivity contribution in [1.29, 1.82) is 0 Å². The van der Waals surface area contributed by atoms with Crippen molar-refractivity contribution in [3.05, 3.63) is 30.1 Å². The number of pyridine rings is 1. The number of aliphatic imine (C=N–C) groups is 1. The highest BCUT2D eigenvalue weighted by molar-refractivity contribution is 14.0. The summed E-state index contributed by atoms with van der Waals surface area (Å²) >= 11 is 0. The van der Waals surface area contributed by atoms with Gasteiger partial charge in [0.2, 0.25) is 0 Å². The third-order valence-corrected chi connectivity index (χ3v) is 5.40. The number of imide groups is 1. The maximum atomic E-state index is 12.2. The SMILES string of the molecule is CCNC(=NCCc1cccnc1)N1CCC(C2(C)NC(=O)NC2=O)CC1.I. The monoisotopic (exact) mass is 500 g/mol. The zero-order valence-corrected chi connectivity index (χ0v) is 18.7. The van der Waals surface area contributed by atoms with E-state index in [9.17, 15) is 9.59 Å². The number of carbonyl (C=O) groups is 2. The van der Waals surface area contributed by atoms with Gasteiger partial charge in [-0.2, -0.15) is 0 Å². The van der Waals surface area contributed by atoms with E-state index in [2.05, 4.69) is 38.8 Å². The minimum absolute atomic E-state index is 0. The van der Waals surface area contributed by atoms with Crippen LogP contribution in [0.15, 0.2) is 29.5 Å². The fourth-order valence-corrected chi connectivity index (χ4v) is 3.78. The van der Waals surface area contributed by atoms with Crippen molar-refractivity contribution in [3.63, 3.8) is 0 Å². The molecule has 0 saturated carbocycles. The van der Waals surface area contributed by atoms with E-state index >= 15 is 0 Å². The van der Waals surface area contributed by atoms with Crippen molar-refractivity contribution in [1.82, 2.24) is 25.8 Å². The minimum atomic E-state index is -0.807. The van der Waals surface area contributed by atoms with Crippen molar-refractivity contribution in [2.75, 3.05) is 26.2 Å². The van der Waals surface area contributed by atoms with E-state index in [0.717, 1.165) is 44.9 Å². The number of halogens is 1. The number of nitrogens with one attached hydrogen (secondary N) is 3. The Kier molecular flexibility index (Phi) is 8.02. The maximum Gasteiger partial charge on any atom is 0.322 e. The number of likely N-dealkylation sites (tertiary alicyclic amines) is 1. The lowest BCUT2D eigenvalue weighted by atomic mass is 9.79. The molecule has 0 radical (unpaired) electrons. The lowest BCUT2D eigenvalue weighted by Gasteiger charge is -2.39. The molecular weight excluding hydrogens is 471 g/mol. The van der Waals surface area contributed by atoms with Crippen LogP contribution in [0.4, 0.5) is 4.79 Å². The number of hydrogen-bond acceptors (Lipinski definition) is 4. The molecule has 9 heteroatoms. The molecule has 1 unspecified atom stereocenters. The highest BCUT2D eigenvalue weighted by Crippen LogP contribution is 2.30. The second-order valence-electron chi connectivity index (χ2n) is 7.22. The number of carbonyl (C=O) groups excluding carboxylic acids is 2. The van der Waals surface area contributed by atoms with Crippen LogP contribution in [0.2, 0.25) is 0 Å². The van der Waals surface area contributed by atoms with Crippen LogP contribution in [0.5, 0.6) is 0 Å². The van der Waals surface area contributed by atoms with E-state index in [1.165, 1.54) is 5.56 Å². The number of urea groups is 1. The van der Waals surface area contributed by atoms with E-state index in [1.807, 2.05) is 19.2 Å². The molecule has 154 valence electrons. The van der Waals surface area contributed by atoms with Gasteiger partial charge in [0.25, 0.3) is 5.91 Å². The highest BCUT2D eigenvalue weighted by atomic mass is 127. The molecule has 28 heavy (non-hydrogen) atoms. The Balaban J connectivity index is 0.00000280. The van der Waals surface area contributed by atoms with Gasteiger partial charge in [-0.05, 0) is 50.7 Å². The zero-order valence-electron chi connectivity index (χ0n) is 16.4. The highest BCUT2D eigenvalue weighted by Gasteiger charge is 2.48. The van der Waals surface area contributed by atoms with Crippen LogP contribution in [-0.2, 0) is 11.2 Å². The van der Waals surface area contributed by atoms with Gasteiger partial charge in [0.05, 0.1) is 0 Å². The zero-order chi connectivity index (χ0) is 19.3. The van der Waals surface area contributed by atoms with Gasteiger partial charge in [-0.15, -0.1) is 24.0 Å². The molecule has 3 amide bonds. The second-order valence-corrected chi connectivity index (χ2v) is 7.22. The average molecular weight is 500 g/mol. The van der Waals surface area contributed by atoms with Gasteiger partial charge in [-0.3, -0.25) is 20.1 Å². The number of rotatable bonds is 5. The molecule has 2 aliphatic rings. The number of aromatic nitrogens is 1. The minimum Gasteiger partial charge on any atom is -0.357 e. The topological polar surface area (TPSA) is 98.7 Å². The van der Waals surface area contributed by atoms with Crippen LogP contribution in [0.3, 0.4) is 0 Å². The first-order chi connectivity index (χ1) is 13.0. The van der Waals surface area contributed by atoms with Crippen LogP contribution in [0, 0.1) is 5.92 Å². The predicted molar refractivity (Wildman–Crippen MR) is 119 cm³/mol. The Hall–Kier alpha value is -1.91. The Morgan fingerprint density at radius 3 is 2.71 bits per heavy atom. The molecule has 8 nitrogen and oxygen atoms in total. The third-order valence-electron chi connectivity index (χ3n) is 5.40. The largest absolute Gasteiger partial charge is 0.357 e.